The van der Waals surface area contributed by atoms with Gasteiger partial charge in [0.25, 0.3) is 5.91 Å². The molecule has 1 N–H and O–H groups in total. The van der Waals surface area contributed by atoms with Crippen molar-refractivity contribution in [2.75, 3.05) is 0 Å². The van der Waals surface area contributed by atoms with Gasteiger partial charge in [-0.05, 0) is 60.7 Å². The summed E-state index contributed by atoms with van der Waals surface area (Å²) in [7, 11) is 0. The van der Waals surface area contributed by atoms with Crippen LogP contribution < -0.4 is 5.43 Å². The van der Waals surface area contributed by atoms with Gasteiger partial charge in [0, 0.05) is 11.1 Å². The molecule has 0 fully saturated rings. The van der Waals surface area contributed by atoms with Crippen LogP contribution in [0, 0.1) is 13.8 Å². The zero-order valence-electron chi connectivity index (χ0n) is 15.9. The first-order chi connectivity index (χ1) is 14.1. The lowest BCUT2D eigenvalue weighted by atomic mass is 10.2. The van der Waals surface area contributed by atoms with Crippen LogP contribution in [-0.2, 0) is 0 Å². The lowest BCUT2D eigenvalue weighted by molar-refractivity contribution is 0.0955. The van der Waals surface area contributed by atoms with E-state index in [0.29, 0.717) is 5.56 Å². The highest BCUT2D eigenvalue weighted by Gasteiger charge is 2.11. The first-order valence-electron chi connectivity index (χ1n) is 8.92. The number of nitrogens with one attached hydrogen (secondary N) is 1. The summed E-state index contributed by atoms with van der Waals surface area (Å²) in [4.78, 5) is 12.3. The molecule has 0 atom stereocenters. The molecule has 29 heavy (non-hydrogen) atoms. The van der Waals surface area contributed by atoms with Crippen molar-refractivity contribution in [2.45, 2.75) is 13.8 Å². The number of carbonyl (C=O) groups excluding carboxylic acids is 1. The molecular formula is C20H18N8O. The highest BCUT2D eigenvalue weighted by Crippen LogP contribution is 2.16. The molecule has 0 saturated carbocycles. The van der Waals surface area contributed by atoms with Gasteiger partial charge in [-0.1, -0.05) is 18.2 Å². The molecule has 0 aliphatic heterocycles. The molecule has 9 nitrogen and oxygen atoms in total. The average Bonchev–Trinajstić information content (AvgIpc) is 3.38. The van der Waals surface area contributed by atoms with Crippen LogP contribution in [0.5, 0.6) is 0 Å². The summed E-state index contributed by atoms with van der Waals surface area (Å²) in [5, 5.41) is 19.7. The van der Waals surface area contributed by atoms with E-state index >= 15 is 0 Å². The van der Waals surface area contributed by atoms with Crippen LogP contribution >= 0.6 is 0 Å². The Bertz CT molecular complexity index is 1150. The van der Waals surface area contributed by atoms with Gasteiger partial charge in [-0.25, -0.2) is 14.8 Å². The predicted molar refractivity (Wildman–Crippen MR) is 107 cm³/mol. The second-order valence-corrected chi connectivity index (χ2v) is 6.33. The number of tetrazole rings is 1. The molecule has 2 aromatic carbocycles. The van der Waals surface area contributed by atoms with Crippen molar-refractivity contribution in [2.24, 2.45) is 5.10 Å². The van der Waals surface area contributed by atoms with E-state index in [4.69, 9.17) is 0 Å². The Morgan fingerprint density at radius 3 is 2.48 bits per heavy atom. The number of hydrazone groups is 1. The number of rotatable bonds is 5. The van der Waals surface area contributed by atoms with E-state index in [-0.39, 0.29) is 5.91 Å². The van der Waals surface area contributed by atoms with E-state index < -0.39 is 0 Å². The van der Waals surface area contributed by atoms with E-state index in [0.717, 1.165) is 28.3 Å². The summed E-state index contributed by atoms with van der Waals surface area (Å²) in [5.74, 6) is -0.310. The molecule has 0 radical (unpaired) electrons. The SMILES string of the molecule is Cc1nn(-c2ccccc2)c(C)c1/C=N/NC(=O)c1ccc(-n2cnnn2)cc1. The second kappa shape index (κ2) is 7.85. The van der Waals surface area contributed by atoms with Gasteiger partial charge in [0.05, 0.1) is 29.0 Å². The first kappa shape index (κ1) is 18.2. The first-order valence-corrected chi connectivity index (χ1v) is 8.92. The van der Waals surface area contributed by atoms with Gasteiger partial charge >= 0.3 is 0 Å². The van der Waals surface area contributed by atoms with E-state index in [2.05, 4.69) is 31.2 Å². The lowest BCUT2D eigenvalue weighted by Gasteiger charge is -2.04. The number of carbonyl (C=O) groups is 1. The Hall–Kier alpha value is -4.14. The third-order valence-electron chi connectivity index (χ3n) is 4.45. The lowest BCUT2D eigenvalue weighted by Crippen LogP contribution is -2.17. The van der Waals surface area contributed by atoms with Crippen LogP contribution in [0.15, 0.2) is 66.0 Å². The number of aromatic nitrogens is 6. The molecule has 144 valence electrons. The van der Waals surface area contributed by atoms with E-state index in [1.807, 2.05) is 48.9 Å². The van der Waals surface area contributed by atoms with E-state index in [1.165, 1.54) is 11.0 Å². The molecular weight excluding hydrogens is 368 g/mol. The summed E-state index contributed by atoms with van der Waals surface area (Å²) in [6.45, 7) is 3.88. The van der Waals surface area contributed by atoms with Crippen LogP contribution in [0.3, 0.4) is 0 Å². The van der Waals surface area contributed by atoms with E-state index in [1.54, 1.807) is 30.5 Å². The topological polar surface area (TPSA) is 103 Å². The van der Waals surface area contributed by atoms with Crippen molar-refractivity contribution in [1.29, 1.82) is 0 Å². The van der Waals surface area contributed by atoms with Gasteiger partial charge < -0.3 is 0 Å². The molecule has 0 unspecified atom stereocenters. The molecule has 2 heterocycles. The van der Waals surface area contributed by atoms with Gasteiger partial charge in [-0.2, -0.15) is 10.2 Å². The molecule has 4 rings (SSSR count). The molecule has 0 bridgehead atoms. The zero-order chi connectivity index (χ0) is 20.2. The Morgan fingerprint density at radius 2 is 1.79 bits per heavy atom. The van der Waals surface area contributed by atoms with Gasteiger partial charge in [0.2, 0.25) is 0 Å². The smallest absolute Gasteiger partial charge is 0.267 e. The van der Waals surface area contributed by atoms with Crippen molar-refractivity contribution in [1.82, 2.24) is 35.4 Å². The Labute approximate surface area is 166 Å². The fourth-order valence-corrected chi connectivity index (χ4v) is 2.93. The summed E-state index contributed by atoms with van der Waals surface area (Å²) in [6.07, 6.45) is 3.10. The van der Waals surface area contributed by atoms with Crippen molar-refractivity contribution >= 4 is 12.1 Å². The van der Waals surface area contributed by atoms with Gasteiger partial charge in [0.1, 0.15) is 6.33 Å². The van der Waals surface area contributed by atoms with Crippen molar-refractivity contribution in [3.05, 3.63) is 83.4 Å². The molecule has 1 amide bonds. The maximum atomic E-state index is 12.3. The quantitative estimate of drug-likeness (QED) is 0.418. The van der Waals surface area contributed by atoms with Crippen LogP contribution in [0.4, 0.5) is 0 Å². The highest BCUT2D eigenvalue weighted by atomic mass is 16.2. The number of amides is 1. The van der Waals surface area contributed by atoms with Crippen LogP contribution in [0.1, 0.15) is 27.3 Å². The highest BCUT2D eigenvalue weighted by molar-refractivity contribution is 5.95. The number of aryl methyl sites for hydroxylation is 1. The van der Waals surface area contributed by atoms with Crippen molar-refractivity contribution in [3.8, 4) is 11.4 Å². The molecule has 9 heteroatoms. The normalized spacial score (nSPS) is 11.1. The van der Waals surface area contributed by atoms with Crippen molar-refractivity contribution < 1.29 is 4.79 Å². The Balaban J connectivity index is 1.46. The summed E-state index contributed by atoms with van der Waals surface area (Å²) in [5.41, 5.74) is 7.40. The Kier molecular flexibility index (Phi) is 4.93. The van der Waals surface area contributed by atoms with Crippen LogP contribution in [0.2, 0.25) is 0 Å². The molecule has 0 spiro atoms. The van der Waals surface area contributed by atoms with Crippen molar-refractivity contribution in [3.63, 3.8) is 0 Å². The number of hydrogen-bond donors (Lipinski definition) is 1. The molecule has 4 aromatic rings. The monoisotopic (exact) mass is 386 g/mol. The van der Waals surface area contributed by atoms with Crippen LogP contribution in [0.25, 0.3) is 11.4 Å². The number of benzene rings is 2. The third kappa shape index (κ3) is 3.79. The molecule has 2 aromatic heterocycles. The second-order valence-electron chi connectivity index (χ2n) is 6.33. The molecule has 0 aliphatic carbocycles. The minimum atomic E-state index is -0.310. The predicted octanol–water partition coefficient (Wildman–Crippen LogP) is 2.23. The standard InChI is InChI=1S/C20H18N8O/c1-14-19(15(2)28(24-14)18-6-4-3-5-7-18)12-21-23-20(29)16-8-10-17(11-9-16)27-13-22-25-26-27/h3-13H,1-2H3,(H,23,29)/b21-12+. The van der Waals surface area contributed by atoms with Gasteiger partial charge in [-0.15, -0.1) is 5.10 Å². The van der Waals surface area contributed by atoms with E-state index in [9.17, 15) is 4.79 Å². The fourth-order valence-electron chi connectivity index (χ4n) is 2.93. The summed E-state index contributed by atoms with van der Waals surface area (Å²) >= 11 is 0. The number of nitrogens with zero attached hydrogens (tertiary/aromatic N) is 7. The maximum Gasteiger partial charge on any atom is 0.271 e. The number of para-hydroxylation sites is 1. The summed E-state index contributed by atoms with van der Waals surface area (Å²) < 4.78 is 3.37. The maximum absolute atomic E-state index is 12.3. The minimum absolute atomic E-state index is 0.310. The minimum Gasteiger partial charge on any atom is -0.267 e. The zero-order valence-corrected chi connectivity index (χ0v) is 15.9. The number of hydrogen-bond acceptors (Lipinski definition) is 6. The van der Waals surface area contributed by atoms with Gasteiger partial charge in [0.15, 0.2) is 0 Å². The summed E-state index contributed by atoms with van der Waals surface area (Å²) in [6, 6.07) is 16.7. The third-order valence-corrected chi connectivity index (χ3v) is 4.45. The molecule has 0 aliphatic rings. The average molecular weight is 386 g/mol. The Morgan fingerprint density at radius 1 is 1.03 bits per heavy atom. The van der Waals surface area contributed by atoms with Gasteiger partial charge in [-0.3, -0.25) is 4.79 Å². The van der Waals surface area contributed by atoms with Crippen LogP contribution in [-0.4, -0.2) is 42.1 Å². The molecule has 0 saturated heterocycles. The largest absolute Gasteiger partial charge is 0.271 e. The fraction of sp³-hybridized carbons (Fsp3) is 0.100.